The van der Waals surface area contributed by atoms with E-state index in [0.717, 1.165) is 6.20 Å². The molecule has 3 atom stereocenters. The molecule has 2 aliphatic heterocycles. The quantitative estimate of drug-likeness (QED) is 0.0318. The number of amides is 4. The summed E-state index contributed by atoms with van der Waals surface area (Å²) >= 11 is 2.53. The highest BCUT2D eigenvalue weighted by molar-refractivity contribution is 8.01. The lowest BCUT2D eigenvalue weighted by atomic mass is 9.98. The van der Waals surface area contributed by atoms with Crippen LogP contribution in [0.25, 0.3) is 0 Å². The summed E-state index contributed by atoms with van der Waals surface area (Å²) in [6, 6.07) is 9.88. The number of carbonyl (C=O) groups is 5. The van der Waals surface area contributed by atoms with Gasteiger partial charge in [0.1, 0.15) is 29.4 Å². The molecule has 1 aromatic carbocycles. The van der Waals surface area contributed by atoms with E-state index in [1.807, 2.05) is 0 Å². The Kier molecular flexibility index (Phi) is 12.3. The molecule has 0 spiro atoms. The lowest BCUT2D eigenvalue weighted by molar-refractivity contribution is -0.897. The Morgan fingerprint density at radius 1 is 1.10 bits per heavy atom. The van der Waals surface area contributed by atoms with Crippen molar-refractivity contribution >= 4 is 70.8 Å². The van der Waals surface area contributed by atoms with Gasteiger partial charge in [-0.2, -0.15) is 0 Å². The van der Waals surface area contributed by atoms with Gasteiger partial charge >= 0.3 is 29.8 Å². The van der Waals surface area contributed by atoms with Crippen LogP contribution in [-0.2, 0) is 35.7 Å². The minimum absolute atomic E-state index is 0.0578. The van der Waals surface area contributed by atoms with Gasteiger partial charge in [-0.25, -0.2) is 24.2 Å². The number of anilines is 3. The zero-order valence-electron chi connectivity index (χ0n) is 31.7. The molecule has 0 bridgehead atoms. The molecule has 3 aromatic heterocycles. The molecule has 304 valence electrons. The van der Waals surface area contributed by atoms with E-state index < -0.39 is 65.3 Å². The minimum atomic E-state index is -1.35. The molecule has 21 nitrogen and oxygen atoms in total. The molecule has 4 amide bonds. The van der Waals surface area contributed by atoms with Crippen molar-refractivity contribution in [3.8, 4) is 5.88 Å². The molecule has 2 aliphatic rings. The second-order valence-electron chi connectivity index (χ2n) is 13.7. The molecular weight excluding hydrogens is 797 g/mol. The number of pyridine rings is 1. The molecule has 58 heavy (non-hydrogen) atoms. The maximum Gasteiger partial charge on any atom is 0.440 e. The first kappa shape index (κ1) is 41.2. The smallest absolute Gasteiger partial charge is 0.440 e. The lowest BCUT2D eigenvalue weighted by Gasteiger charge is -2.50. The highest BCUT2D eigenvalue weighted by atomic mass is 32.2. The average molecular weight is 836 g/mol. The van der Waals surface area contributed by atoms with Gasteiger partial charge < -0.3 is 30.4 Å². The van der Waals surface area contributed by atoms with E-state index >= 15 is 0 Å². The molecule has 4 aromatic rings. The summed E-state index contributed by atoms with van der Waals surface area (Å²) in [4.78, 5) is 77.8. The third-order valence-electron chi connectivity index (χ3n) is 8.64. The van der Waals surface area contributed by atoms with Crippen molar-refractivity contribution in [1.29, 1.82) is 0 Å². The Hall–Kier alpha value is -6.49. The molecule has 0 saturated carbocycles. The number of nitrogens with zero attached hydrogens (tertiary/aromatic N) is 9. The van der Waals surface area contributed by atoms with Gasteiger partial charge in [0.15, 0.2) is 11.5 Å². The van der Waals surface area contributed by atoms with Gasteiger partial charge in [-0.1, -0.05) is 53.1 Å². The van der Waals surface area contributed by atoms with Crippen LogP contribution in [0.5, 0.6) is 5.88 Å². The summed E-state index contributed by atoms with van der Waals surface area (Å²) in [5, 5.41) is 40.2. The number of nitrogens with one attached hydrogen (secondary N) is 3. The Balaban J connectivity index is 1.17. The zero-order chi connectivity index (χ0) is 41.7. The first-order valence-corrected chi connectivity index (χ1v) is 19.5. The van der Waals surface area contributed by atoms with Crippen LogP contribution in [0.4, 0.5) is 22.2 Å². The number of β-lactam (4-membered cyclic amide) rings is 1. The summed E-state index contributed by atoms with van der Waals surface area (Å²) in [6.07, 6.45) is 2.65. The van der Waals surface area contributed by atoms with Crippen molar-refractivity contribution in [3.05, 3.63) is 77.8 Å². The van der Waals surface area contributed by atoms with Gasteiger partial charge in [0, 0.05) is 24.8 Å². The molecule has 1 unspecified atom stereocenters. The number of carbonyl (C=O) groups excluding carboxylic acids is 5. The van der Waals surface area contributed by atoms with Crippen LogP contribution in [0, 0.1) is 5.41 Å². The number of ether oxygens (including phenoxy) is 2. The second-order valence-corrected chi connectivity index (χ2v) is 15.8. The second kappa shape index (κ2) is 17.3. The molecule has 0 radical (unpaired) electrons. The van der Waals surface area contributed by atoms with Crippen LogP contribution in [0.3, 0.4) is 0 Å². The number of tetrazole rings is 1. The van der Waals surface area contributed by atoms with Crippen LogP contribution >= 0.6 is 23.5 Å². The van der Waals surface area contributed by atoms with Crippen LogP contribution in [0.1, 0.15) is 32.4 Å². The van der Waals surface area contributed by atoms with E-state index in [0.29, 0.717) is 26.8 Å². The molecule has 5 heterocycles. The van der Waals surface area contributed by atoms with Gasteiger partial charge in [-0.3, -0.25) is 24.6 Å². The van der Waals surface area contributed by atoms with E-state index in [1.54, 1.807) is 83.4 Å². The van der Waals surface area contributed by atoms with Crippen molar-refractivity contribution in [2.24, 2.45) is 12.5 Å². The number of aromatic nitrogens is 7. The van der Waals surface area contributed by atoms with E-state index in [2.05, 4.69) is 41.4 Å². The van der Waals surface area contributed by atoms with Crippen LogP contribution < -0.4 is 25.6 Å². The molecule has 1 saturated heterocycles. The number of esters is 2. The van der Waals surface area contributed by atoms with Gasteiger partial charge in [0.2, 0.25) is 17.9 Å². The molecule has 0 aliphatic carbocycles. The lowest BCUT2D eigenvalue weighted by Crippen LogP contribution is -2.71. The van der Waals surface area contributed by atoms with Crippen LogP contribution in [-0.4, -0.2) is 112 Å². The topological polar surface area (TPSA) is 260 Å². The standard InChI is InChI=1S/C35H38N12O9S2/c1-35(2,3)31(52)56-18-55-30(51)25-20(17-58-34-41-42-43-45(34)5)16-57-29-24(28(50)46(25)29)39-26(48)23(19-11-7-6-8-12-19)40-32(53)38-21-15-37-33(47(54)27(21)49)44(4)22-13-9-10-14-36-22/h6-15,23-24,29,54H,16-18H2,1-5H3,(H3,38,39,40,48,53)/p+1/t23?,24-,29-/m0/s1. The predicted octanol–water partition coefficient (Wildman–Crippen LogP) is 1.40. The molecule has 23 heteroatoms. The van der Waals surface area contributed by atoms with E-state index in [9.17, 15) is 34.3 Å². The number of urea groups is 1. The van der Waals surface area contributed by atoms with E-state index in [4.69, 9.17) is 9.47 Å². The number of benzene rings is 1. The number of fused-ring (bicyclic) bond motifs is 1. The Bertz CT molecular complexity index is 2240. The maximum absolute atomic E-state index is 13.9. The number of rotatable bonds is 13. The number of hydrogen-bond acceptors (Lipinski definition) is 17. The van der Waals surface area contributed by atoms with E-state index in [1.165, 1.54) is 44.2 Å². The average Bonchev–Trinajstić information content (AvgIpc) is 3.63. The van der Waals surface area contributed by atoms with Crippen molar-refractivity contribution < 1.29 is 48.5 Å². The highest BCUT2D eigenvalue weighted by Crippen LogP contribution is 2.42. The van der Waals surface area contributed by atoms with E-state index in [-0.39, 0.29) is 28.8 Å². The third-order valence-corrected chi connectivity index (χ3v) is 11.1. The Morgan fingerprint density at radius 3 is 2.52 bits per heavy atom. The van der Waals surface area contributed by atoms with Crippen LogP contribution in [0.15, 0.2) is 77.4 Å². The first-order valence-electron chi connectivity index (χ1n) is 17.4. The maximum atomic E-state index is 13.9. The summed E-state index contributed by atoms with van der Waals surface area (Å²) in [5.74, 6) is -2.89. The van der Waals surface area contributed by atoms with Crippen molar-refractivity contribution in [2.45, 2.75) is 43.4 Å². The monoisotopic (exact) mass is 835 g/mol. The van der Waals surface area contributed by atoms with Crippen molar-refractivity contribution in [2.75, 3.05) is 35.6 Å². The number of hydrogen-bond donors (Lipinski definition) is 5. The summed E-state index contributed by atoms with van der Waals surface area (Å²) in [5.41, 5.74) is -0.317. The number of aromatic hydroxyl groups is 1. The summed E-state index contributed by atoms with van der Waals surface area (Å²) in [7, 11) is 3.21. The molecular formula is C35H39N12O9S2+. The van der Waals surface area contributed by atoms with Crippen molar-refractivity contribution in [1.82, 2.24) is 45.7 Å². The fourth-order valence-corrected chi connectivity index (χ4v) is 7.92. The predicted molar refractivity (Wildman–Crippen MR) is 205 cm³/mol. The third kappa shape index (κ3) is 8.89. The van der Waals surface area contributed by atoms with Gasteiger partial charge in [0.05, 0.1) is 12.5 Å². The number of aryl methyl sites for hydroxylation is 1. The molecule has 6 rings (SSSR count). The fraction of sp³-hybridized carbons (Fsp3) is 0.343. The largest absolute Gasteiger partial charge is 0.480 e. The normalized spacial score (nSPS) is 16.7. The van der Waals surface area contributed by atoms with Crippen molar-refractivity contribution in [3.63, 3.8) is 0 Å². The SMILES string of the molecule is CN(c1ccccn1)c1ncc(NC(=O)NC(C(=O)N[C@H]2C(=O)N3C(C(=O)OCOC(=O)C(C)(C)C)=C(CSc4nnnn4C)CS[C@@H]23)c2ccccc2)c(O)[n+]1O. The summed E-state index contributed by atoms with van der Waals surface area (Å²) < 4.78 is 12.2. The van der Waals surface area contributed by atoms with Gasteiger partial charge in [0.25, 0.3) is 5.91 Å². The zero-order valence-corrected chi connectivity index (χ0v) is 33.4. The minimum Gasteiger partial charge on any atom is -0.480 e. The molecule has 5 N–H and O–H groups in total. The Labute approximate surface area is 339 Å². The molecule has 1 fully saturated rings. The fourth-order valence-electron chi connectivity index (χ4n) is 5.59. The van der Waals surface area contributed by atoms with Crippen LogP contribution in [0.2, 0.25) is 0 Å². The Morgan fingerprint density at radius 2 is 1.84 bits per heavy atom. The van der Waals surface area contributed by atoms with Gasteiger partial charge in [-0.05, 0) is 59.2 Å². The summed E-state index contributed by atoms with van der Waals surface area (Å²) in [6.45, 7) is 4.25. The van der Waals surface area contributed by atoms with Gasteiger partial charge in [-0.15, -0.1) is 16.9 Å². The highest BCUT2D eigenvalue weighted by Gasteiger charge is 2.55. The number of thioether (sulfide) groups is 2. The first-order chi connectivity index (χ1) is 27.6.